The average Bonchev–Trinajstić information content (AvgIpc) is 2.62. The van der Waals surface area contributed by atoms with Gasteiger partial charge in [-0.3, -0.25) is 14.5 Å². The number of H-pyrrole nitrogens is 1. The largest absolute Gasteiger partial charge is 0.355 e. The van der Waals surface area contributed by atoms with Crippen molar-refractivity contribution in [1.29, 1.82) is 0 Å². The summed E-state index contributed by atoms with van der Waals surface area (Å²) in [6.45, 7) is 4.36. The lowest BCUT2D eigenvalue weighted by Crippen LogP contribution is -2.47. The normalized spacial score (nSPS) is 22.7. The highest BCUT2D eigenvalue weighted by Gasteiger charge is 2.30. The Labute approximate surface area is 149 Å². The molecule has 6 nitrogen and oxygen atoms in total. The summed E-state index contributed by atoms with van der Waals surface area (Å²) in [7, 11) is 0. The van der Waals surface area contributed by atoms with Gasteiger partial charge in [-0.25, -0.2) is 4.98 Å². The number of amides is 1. The lowest BCUT2D eigenvalue weighted by atomic mass is 9.90. The highest BCUT2D eigenvalue weighted by Crippen LogP contribution is 2.27. The third kappa shape index (κ3) is 5.14. The zero-order valence-corrected chi connectivity index (χ0v) is 15.2. The first-order valence-electron chi connectivity index (χ1n) is 9.70. The number of aromatic amines is 1. The van der Waals surface area contributed by atoms with Gasteiger partial charge in [0.05, 0.1) is 5.92 Å². The van der Waals surface area contributed by atoms with Gasteiger partial charge in [0, 0.05) is 37.3 Å². The SMILES string of the molecule is Cc1cc(=O)[nH]c(CCNC(=O)[C@@H]2CCCN(C3CCCCC3)C2)n1. The summed E-state index contributed by atoms with van der Waals surface area (Å²) in [6.07, 6.45) is 9.27. The van der Waals surface area contributed by atoms with Crippen LogP contribution in [0.15, 0.2) is 10.9 Å². The molecular weight excluding hydrogens is 316 g/mol. The van der Waals surface area contributed by atoms with E-state index in [-0.39, 0.29) is 17.4 Å². The van der Waals surface area contributed by atoms with Crippen LogP contribution in [0, 0.1) is 12.8 Å². The van der Waals surface area contributed by atoms with Crippen LogP contribution >= 0.6 is 0 Å². The van der Waals surface area contributed by atoms with E-state index in [1.165, 1.54) is 38.2 Å². The summed E-state index contributed by atoms with van der Waals surface area (Å²) in [5.74, 6) is 0.883. The molecule has 3 rings (SSSR count). The molecule has 1 saturated carbocycles. The fourth-order valence-electron chi connectivity index (χ4n) is 4.21. The number of carbonyl (C=O) groups is 1. The predicted octanol–water partition coefficient (Wildman–Crippen LogP) is 1.78. The maximum atomic E-state index is 12.5. The quantitative estimate of drug-likeness (QED) is 0.852. The fraction of sp³-hybridized carbons (Fsp3) is 0.737. The molecule has 0 bridgehead atoms. The van der Waals surface area contributed by atoms with E-state index in [1.807, 2.05) is 0 Å². The number of hydrogen-bond acceptors (Lipinski definition) is 4. The number of aromatic nitrogens is 2. The Morgan fingerprint density at radius 3 is 2.84 bits per heavy atom. The van der Waals surface area contributed by atoms with Gasteiger partial charge in [0.1, 0.15) is 5.82 Å². The Balaban J connectivity index is 1.46. The van der Waals surface area contributed by atoms with Gasteiger partial charge in [-0.2, -0.15) is 0 Å². The fourth-order valence-corrected chi connectivity index (χ4v) is 4.21. The van der Waals surface area contributed by atoms with Gasteiger partial charge in [0.2, 0.25) is 5.91 Å². The first-order valence-corrected chi connectivity index (χ1v) is 9.70. The molecule has 1 aromatic rings. The molecule has 2 N–H and O–H groups in total. The summed E-state index contributed by atoms with van der Waals surface area (Å²) < 4.78 is 0. The van der Waals surface area contributed by atoms with Crippen molar-refractivity contribution in [3.8, 4) is 0 Å². The van der Waals surface area contributed by atoms with Gasteiger partial charge in [-0.1, -0.05) is 19.3 Å². The van der Waals surface area contributed by atoms with E-state index >= 15 is 0 Å². The molecule has 6 heteroatoms. The van der Waals surface area contributed by atoms with Gasteiger partial charge in [-0.05, 0) is 39.2 Å². The molecule has 0 radical (unpaired) electrons. The van der Waals surface area contributed by atoms with E-state index in [9.17, 15) is 9.59 Å². The summed E-state index contributed by atoms with van der Waals surface area (Å²) in [4.78, 5) is 33.5. The van der Waals surface area contributed by atoms with Crippen LogP contribution < -0.4 is 10.9 Å². The van der Waals surface area contributed by atoms with Crippen molar-refractivity contribution in [2.45, 2.75) is 64.3 Å². The van der Waals surface area contributed by atoms with E-state index < -0.39 is 0 Å². The minimum atomic E-state index is -0.135. The third-order valence-electron chi connectivity index (χ3n) is 5.49. The number of piperidine rings is 1. The van der Waals surface area contributed by atoms with Crippen molar-refractivity contribution in [1.82, 2.24) is 20.2 Å². The molecule has 0 spiro atoms. The zero-order valence-electron chi connectivity index (χ0n) is 15.2. The second-order valence-electron chi connectivity index (χ2n) is 7.50. The number of aryl methyl sites for hydroxylation is 1. The molecular formula is C19H30N4O2. The standard InChI is InChI=1S/C19H30N4O2/c1-14-12-18(24)22-17(21-14)9-10-20-19(25)15-6-5-11-23(13-15)16-7-3-2-4-8-16/h12,15-16H,2-11,13H2,1H3,(H,20,25)(H,21,22,24)/t15-/m1/s1. The highest BCUT2D eigenvalue weighted by atomic mass is 16.2. The molecule has 2 aliphatic rings. The molecule has 1 aliphatic heterocycles. The van der Waals surface area contributed by atoms with Crippen LogP contribution in [0.4, 0.5) is 0 Å². The average molecular weight is 346 g/mol. The topological polar surface area (TPSA) is 78.1 Å². The molecule has 1 saturated heterocycles. The van der Waals surface area contributed by atoms with Gasteiger partial charge in [-0.15, -0.1) is 0 Å². The maximum Gasteiger partial charge on any atom is 0.251 e. The van der Waals surface area contributed by atoms with E-state index in [1.54, 1.807) is 6.92 Å². The molecule has 1 aromatic heterocycles. The molecule has 25 heavy (non-hydrogen) atoms. The molecule has 1 atom stereocenters. The Morgan fingerprint density at radius 1 is 1.28 bits per heavy atom. The van der Waals surface area contributed by atoms with Gasteiger partial charge >= 0.3 is 0 Å². The van der Waals surface area contributed by atoms with Crippen molar-refractivity contribution in [3.05, 3.63) is 27.9 Å². The summed E-state index contributed by atoms with van der Waals surface area (Å²) in [5.41, 5.74) is 0.574. The van der Waals surface area contributed by atoms with Crippen LogP contribution in [0.3, 0.4) is 0 Å². The maximum absolute atomic E-state index is 12.5. The second-order valence-corrected chi connectivity index (χ2v) is 7.50. The Kier molecular flexibility index (Phi) is 6.24. The number of nitrogens with zero attached hydrogens (tertiary/aromatic N) is 2. The van der Waals surface area contributed by atoms with Crippen LogP contribution in [0.2, 0.25) is 0 Å². The predicted molar refractivity (Wildman–Crippen MR) is 97.5 cm³/mol. The van der Waals surface area contributed by atoms with Crippen LogP contribution in [-0.4, -0.2) is 46.5 Å². The van der Waals surface area contributed by atoms with Gasteiger partial charge in [0.15, 0.2) is 0 Å². The van der Waals surface area contributed by atoms with Gasteiger partial charge < -0.3 is 10.3 Å². The third-order valence-corrected chi connectivity index (χ3v) is 5.49. The highest BCUT2D eigenvalue weighted by molar-refractivity contribution is 5.78. The lowest BCUT2D eigenvalue weighted by Gasteiger charge is -2.39. The smallest absolute Gasteiger partial charge is 0.251 e. The molecule has 0 aromatic carbocycles. The summed E-state index contributed by atoms with van der Waals surface area (Å²) in [5, 5.41) is 3.04. The molecule has 2 fully saturated rings. The first-order chi connectivity index (χ1) is 12.1. The summed E-state index contributed by atoms with van der Waals surface area (Å²) >= 11 is 0. The number of nitrogens with one attached hydrogen (secondary N) is 2. The van der Waals surface area contributed by atoms with E-state index in [0.29, 0.717) is 30.5 Å². The number of rotatable bonds is 5. The summed E-state index contributed by atoms with van der Waals surface area (Å²) in [6, 6.07) is 2.16. The van der Waals surface area contributed by atoms with Crippen molar-refractivity contribution in [2.24, 2.45) is 5.92 Å². The van der Waals surface area contributed by atoms with E-state index in [2.05, 4.69) is 20.2 Å². The molecule has 1 aliphatic carbocycles. The van der Waals surface area contributed by atoms with Crippen molar-refractivity contribution >= 4 is 5.91 Å². The van der Waals surface area contributed by atoms with Crippen molar-refractivity contribution < 1.29 is 4.79 Å². The number of likely N-dealkylation sites (tertiary alicyclic amines) is 1. The number of hydrogen-bond donors (Lipinski definition) is 2. The van der Waals surface area contributed by atoms with Crippen LogP contribution in [0.5, 0.6) is 0 Å². The molecule has 2 heterocycles. The van der Waals surface area contributed by atoms with Crippen molar-refractivity contribution in [3.63, 3.8) is 0 Å². The number of carbonyl (C=O) groups excluding carboxylic acids is 1. The second kappa shape index (κ2) is 8.61. The van der Waals surface area contributed by atoms with E-state index in [4.69, 9.17) is 0 Å². The molecule has 138 valence electrons. The van der Waals surface area contributed by atoms with Crippen LogP contribution in [0.25, 0.3) is 0 Å². The van der Waals surface area contributed by atoms with Gasteiger partial charge in [0.25, 0.3) is 5.56 Å². The van der Waals surface area contributed by atoms with Crippen molar-refractivity contribution in [2.75, 3.05) is 19.6 Å². The Morgan fingerprint density at radius 2 is 2.08 bits per heavy atom. The Hall–Kier alpha value is -1.69. The van der Waals surface area contributed by atoms with Crippen LogP contribution in [0.1, 0.15) is 56.5 Å². The monoisotopic (exact) mass is 346 g/mol. The minimum Gasteiger partial charge on any atom is -0.355 e. The molecule has 0 unspecified atom stereocenters. The Bertz CT molecular complexity index is 637. The zero-order chi connectivity index (χ0) is 17.6. The minimum absolute atomic E-state index is 0.0974. The lowest BCUT2D eigenvalue weighted by molar-refractivity contribution is -0.127. The van der Waals surface area contributed by atoms with E-state index in [0.717, 1.165) is 25.9 Å². The molecule has 1 amide bonds. The first kappa shape index (κ1) is 18.1. The van der Waals surface area contributed by atoms with Crippen LogP contribution in [-0.2, 0) is 11.2 Å².